The first-order valence-electron chi connectivity index (χ1n) is 8.84. The number of hydrogen-bond donors (Lipinski definition) is 3. The second-order valence-corrected chi connectivity index (χ2v) is 6.20. The van der Waals surface area contributed by atoms with E-state index in [9.17, 15) is 4.79 Å². The highest BCUT2D eigenvalue weighted by Crippen LogP contribution is 2.31. The summed E-state index contributed by atoms with van der Waals surface area (Å²) in [6.45, 7) is 1.10. The molecule has 7 nitrogen and oxygen atoms in total. The Morgan fingerprint density at radius 3 is 2.96 bits per heavy atom. The molecule has 0 aliphatic carbocycles. The summed E-state index contributed by atoms with van der Waals surface area (Å²) >= 11 is 0. The van der Waals surface area contributed by atoms with Gasteiger partial charge in [0.1, 0.15) is 11.5 Å². The van der Waals surface area contributed by atoms with Crippen LogP contribution in [0.2, 0.25) is 0 Å². The number of nitrogens with one attached hydrogen (secondary N) is 2. The summed E-state index contributed by atoms with van der Waals surface area (Å²) in [5, 5.41) is 6.76. The van der Waals surface area contributed by atoms with E-state index in [2.05, 4.69) is 21.7 Å². The number of fused-ring (bicyclic) bond motifs is 1. The topological polar surface area (TPSA) is 98.0 Å². The van der Waals surface area contributed by atoms with Gasteiger partial charge in [-0.2, -0.15) is 0 Å². The molecular weight excluding hydrogens is 344 g/mol. The van der Waals surface area contributed by atoms with Crippen LogP contribution in [0.1, 0.15) is 23.6 Å². The number of carbonyl (C=O) groups excluding carboxylic acids is 1. The van der Waals surface area contributed by atoms with Crippen molar-refractivity contribution in [3.63, 3.8) is 0 Å². The van der Waals surface area contributed by atoms with Crippen molar-refractivity contribution in [3.8, 4) is 11.5 Å². The van der Waals surface area contributed by atoms with Gasteiger partial charge in [-0.25, -0.2) is 0 Å². The Morgan fingerprint density at radius 2 is 2.15 bits per heavy atom. The Balaban J connectivity index is 1.59. The van der Waals surface area contributed by atoms with E-state index in [4.69, 9.17) is 15.2 Å². The molecule has 0 saturated carbocycles. The number of para-hydroxylation sites is 1. The third kappa shape index (κ3) is 5.13. The molecule has 1 heterocycles. The van der Waals surface area contributed by atoms with Crippen molar-refractivity contribution in [1.29, 1.82) is 0 Å². The first-order chi connectivity index (χ1) is 13.2. The molecule has 1 aliphatic heterocycles. The standard InChI is InChI=1S/C20H24N4O3/c1-22-20(24-17-9-10-26-18-8-3-2-7-16(17)18)23-12-14-5-4-6-15(11-14)27-13-19(21)25/h2-8,11,17H,9-10,12-13H2,1H3,(H2,21,25)(H2,22,23,24). The van der Waals surface area contributed by atoms with Gasteiger partial charge in [0, 0.05) is 25.6 Å². The smallest absolute Gasteiger partial charge is 0.255 e. The van der Waals surface area contributed by atoms with Crippen molar-refractivity contribution < 1.29 is 14.3 Å². The van der Waals surface area contributed by atoms with Crippen LogP contribution < -0.4 is 25.8 Å². The number of nitrogens with two attached hydrogens (primary N) is 1. The first kappa shape index (κ1) is 18.6. The van der Waals surface area contributed by atoms with E-state index in [1.807, 2.05) is 36.4 Å². The van der Waals surface area contributed by atoms with Crippen LogP contribution in [-0.2, 0) is 11.3 Å². The van der Waals surface area contributed by atoms with Crippen LogP contribution in [0.15, 0.2) is 53.5 Å². The summed E-state index contributed by atoms with van der Waals surface area (Å²) in [4.78, 5) is 15.2. The molecule has 1 atom stereocenters. The van der Waals surface area contributed by atoms with Gasteiger partial charge in [-0.3, -0.25) is 9.79 Å². The minimum atomic E-state index is -0.500. The Kier molecular flexibility index (Phi) is 6.14. The zero-order valence-electron chi connectivity index (χ0n) is 15.3. The number of aliphatic imine (C=N–C) groups is 1. The summed E-state index contributed by atoms with van der Waals surface area (Å²) in [6.07, 6.45) is 0.869. The lowest BCUT2D eigenvalue weighted by molar-refractivity contribution is -0.119. The number of ether oxygens (including phenoxy) is 2. The number of amides is 1. The van der Waals surface area contributed by atoms with Crippen LogP contribution in [0, 0.1) is 0 Å². The summed E-state index contributed by atoms with van der Waals surface area (Å²) < 4.78 is 11.0. The predicted octanol–water partition coefficient (Wildman–Crippen LogP) is 1.74. The maximum absolute atomic E-state index is 10.8. The van der Waals surface area contributed by atoms with Crippen LogP contribution in [0.5, 0.6) is 11.5 Å². The van der Waals surface area contributed by atoms with Crippen LogP contribution in [-0.4, -0.2) is 32.1 Å². The monoisotopic (exact) mass is 368 g/mol. The molecule has 4 N–H and O–H groups in total. The van der Waals surface area contributed by atoms with E-state index in [0.717, 1.165) is 23.3 Å². The van der Waals surface area contributed by atoms with Gasteiger partial charge in [-0.15, -0.1) is 0 Å². The molecule has 2 aromatic rings. The van der Waals surface area contributed by atoms with Gasteiger partial charge in [0.2, 0.25) is 0 Å². The molecule has 0 aromatic heterocycles. The van der Waals surface area contributed by atoms with Crippen molar-refractivity contribution >= 4 is 11.9 Å². The van der Waals surface area contributed by atoms with E-state index in [1.165, 1.54) is 0 Å². The summed E-state index contributed by atoms with van der Waals surface area (Å²) in [6, 6.07) is 15.7. The first-order valence-corrected chi connectivity index (χ1v) is 8.84. The second kappa shape index (κ2) is 8.93. The van der Waals surface area contributed by atoms with E-state index in [-0.39, 0.29) is 12.6 Å². The number of hydrogen-bond acceptors (Lipinski definition) is 4. The summed E-state index contributed by atoms with van der Waals surface area (Å²) in [7, 11) is 1.74. The van der Waals surface area contributed by atoms with Gasteiger partial charge < -0.3 is 25.8 Å². The molecule has 2 aromatic carbocycles. The average Bonchev–Trinajstić information content (AvgIpc) is 2.70. The van der Waals surface area contributed by atoms with E-state index in [0.29, 0.717) is 24.9 Å². The van der Waals surface area contributed by atoms with Crippen molar-refractivity contribution in [2.75, 3.05) is 20.3 Å². The van der Waals surface area contributed by atoms with Crippen molar-refractivity contribution in [3.05, 3.63) is 59.7 Å². The molecule has 0 fully saturated rings. The van der Waals surface area contributed by atoms with Gasteiger partial charge in [-0.1, -0.05) is 30.3 Å². The number of rotatable bonds is 6. The highest BCUT2D eigenvalue weighted by molar-refractivity contribution is 5.80. The quantitative estimate of drug-likeness (QED) is 0.533. The third-order valence-electron chi connectivity index (χ3n) is 4.23. The number of benzene rings is 2. The molecule has 0 radical (unpaired) electrons. The fourth-order valence-corrected chi connectivity index (χ4v) is 2.94. The largest absolute Gasteiger partial charge is 0.493 e. The maximum Gasteiger partial charge on any atom is 0.255 e. The lowest BCUT2D eigenvalue weighted by Crippen LogP contribution is -2.40. The van der Waals surface area contributed by atoms with Crippen molar-refractivity contribution in [2.24, 2.45) is 10.7 Å². The van der Waals surface area contributed by atoms with E-state index >= 15 is 0 Å². The minimum Gasteiger partial charge on any atom is -0.493 e. The lowest BCUT2D eigenvalue weighted by atomic mass is 10.0. The molecule has 0 saturated heterocycles. The minimum absolute atomic E-state index is 0.136. The zero-order chi connectivity index (χ0) is 19.1. The van der Waals surface area contributed by atoms with Gasteiger partial charge in [0.05, 0.1) is 12.6 Å². The molecule has 3 rings (SSSR count). The highest BCUT2D eigenvalue weighted by atomic mass is 16.5. The molecule has 1 unspecified atom stereocenters. The Morgan fingerprint density at radius 1 is 1.30 bits per heavy atom. The van der Waals surface area contributed by atoms with Gasteiger partial charge in [0.15, 0.2) is 12.6 Å². The molecular formula is C20H24N4O3. The Bertz CT molecular complexity index is 822. The molecule has 1 aliphatic rings. The van der Waals surface area contributed by atoms with Crippen LogP contribution in [0.3, 0.4) is 0 Å². The SMILES string of the molecule is CN=C(NCc1cccc(OCC(N)=O)c1)NC1CCOc2ccccc21. The fourth-order valence-electron chi connectivity index (χ4n) is 2.94. The number of nitrogens with zero attached hydrogens (tertiary/aromatic N) is 1. The number of carbonyl (C=O) groups is 1. The second-order valence-electron chi connectivity index (χ2n) is 6.20. The van der Waals surface area contributed by atoms with Gasteiger partial charge in [0.25, 0.3) is 5.91 Å². The molecule has 1 amide bonds. The highest BCUT2D eigenvalue weighted by Gasteiger charge is 2.21. The Hall–Kier alpha value is -3.22. The van der Waals surface area contributed by atoms with Crippen LogP contribution >= 0.6 is 0 Å². The Labute approximate surface area is 158 Å². The fraction of sp³-hybridized carbons (Fsp3) is 0.300. The van der Waals surface area contributed by atoms with Crippen LogP contribution in [0.4, 0.5) is 0 Å². The summed E-state index contributed by atoms with van der Waals surface area (Å²) in [5.74, 6) is 1.73. The molecule has 0 spiro atoms. The van der Waals surface area contributed by atoms with E-state index < -0.39 is 5.91 Å². The third-order valence-corrected chi connectivity index (χ3v) is 4.23. The molecule has 142 valence electrons. The lowest BCUT2D eigenvalue weighted by Gasteiger charge is -2.28. The van der Waals surface area contributed by atoms with Gasteiger partial charge >= 0.3 is 0 Å². The summed E-state index contributed by atoms with van der Waals surface area (Å²) in [5.41, 5.74) is 7.25. The van der Waals surface area contributed by atoms with Crippen LogP contribution in [0.25, 0.3) is 0 Å². The number of guanidine groups is 1. The molecule has 0 bridgehead atoms. The maximum atomic E-state index is 10.8. The van der Waals surface area contributed by atoms with E-state index in [1.54, 1.807) is 13.1 Å². The van der Waals surface area contributed by atoms with Gasteiger partial charge in [-0.05, 0) is 23.8 Å². The van der Waals surface area contributed by atoms with Crippen molar-refractivity contribution in [2.45, 2.75) is 19.0 Å². The zero-order valence-corrected chi connectivity index (χ0v) is 15.3. The molecule has 7 heteroatoms. The van der Waals surface area contributed by atoms with Crippen molar-refractivity contribution in [1.82, 2.24) is 10.6 Å². The number of primary amides is 1. The molecule has 27 heavy (non-hydrogen) atoms. The normalized spacial score (nSPS) is 16.0. The average molecular weight is 368 g/mol. The predicted molar refractivity (Wildman–Crippen MR) is 104 cm³/mol.